The molecule has 4 nitrogen and oxygen atoms in total. The molecule has 0 fully saturated rings. The van der Waals surface area contributed by atoms with E-state index in [9.17, 15) is 4.79 Å². The van der Waals surface area contributed by atoms with Crippen molar-refractivity contribution in [1.82, 2.24) is 0 Å². The molecular formula is C9H16N2O2. The van der Waals surface area contributed by atoms with Crippen molar-refractivity contribution in [1.29, 1.82) is 5.41 Å². The van der Waals surface area contributed by atoms with Gasteiger partial charge in [-0.1, -0.05) is 32.6 Å². The highest BCUT2D eigenvalue weighted by molar-refractivity contribution is 5.32. The van der Waals surface area contributed by atoms with Crippen molar-refractivity contribution in [3.63, 3.8) is 0 Å². The maximum atomic E-state index is 9.60. The van der Waals surface area contributed by atoms with Gasteiger partial charge in [-0.05, 0) is 6.42 Å². The van der Waals surface area contributed by atoms with E-state index in [-0.39, 0.29) is 0 Å². The molecule has 0 aromatic carbocycles. The average Bonchev–Trinajstić information content (AvgIpc) is 2.13. The van der Waals surface area contributed by atoms with Gasteiger partial charge < -0.3 is 0 Å². The molecule has 0 bridgehead atoms. The molecule has 1 N–H and O–H groups in total. The molecule has 0 aromatic rings. The Balaban J connectivity index is 0. The van der Waals surface area contributed by atoms with E-state index >= 15 is 0 Å². The fourth-order valence-electron chi connectivity index (χ4n) is 0.840. The number of aliphatic imine (C=N–C) groups is 1. The van der Waals surface area contributed by atoms with Gasteiger partial charge in [0.1, 0.15) is 0 Å². The van der Waals surface area contributed by atoms with Crippen molar-refractivity contribution in [2.75, 3.05) is 6.54 Å². The van der Waals surface area contributed by atoms with Gasteiger partial charge in [0.25, 0.3) is 0 Å². The zero-order valence-corrected chi connectivity index (χ0v) is 8.01. The highest BCUT2D eigenvalue weighted by Crippen LogP contribution is 2.01. The standard InChI is InChI=1S/C8H15NO.CHNO/c1-2-3-4-5-6-7-9-8-10;2-1-3/h2-7H2,1H3;2H. The van der Waals surface area contributed by atoms with Gasteiger partial charge in [0.2, 0.25) is 12.2 Å². The lowest BCUT2D eigenvalue weighted by molar-refractivity contribution is 0.560. The number of nitrogens with zero attached hydrogens (tertiary/aromatic N) is 1. The second kappa shape index (κ2) is 17.0. The van der Waals surface area contributed by atoms with Crippen LogP contribution in [-0.4, -0.2) is 18.7 Å². The summed E-state index contributed by atoms with van der Waals surface area (Å²) in [6, 6.07) is 0. The maximum absolute atomic E-state index is 9.60. The summed E-state index contributed by atoms with van der Waals surface area (Å²) in [5.74, 6) is 0. The molecule has 0 heterocycles. The molecule has 0 saturated heterocycles. The average molecular weight is 184 g/mol. The van der Waals surface area contributed by atoms with Gasteiger partial charge in [-0.15, -0.1) is 0 Å². The Morgan fingerprint density at radius 2 is 1.69 bits per heavy atom. The van der Waals surface area contributed by atoms with E-state index in [1.54, 1.807) is 0 Å². The fraction of sp³-hybridized carbons (Fsp3) is 0.778. The molecule has 0 radical (unpaired) electrons. The maximum Gasteiger partial charge on any atom is 0.234 e. The number of isocyanates is 2. The third-order valence-electron chi connectivity index (χ3n) is 1.44. The Morgan fingerprint density at radius 1 is 1.15 bits per heavy atom. The lowest BCUT2D eigenvalue weighted by Crippen LogP contribution is -1.81. The summed E-state index contributed by atoms with van der Waals surface area (Å²) in [6.07, 6.45) is 8.34. The number of rotatable bonds is 6. The largest absolute Gasteiger partial charge is 0.234 e. The normalized spacial score (nSPS) is 7.46. The highest BCUT2D eigenvalue weighted by Gasteiger charge is 1.85. The summed E-state index contributed by atoms with van der Waals surface area (Å²) < 4.78 is 0. The van der Waals surface area contributed by atoms with Crippen molar-refractivity contribution < 1.29 is 9.59 Å². The van der Waals surface area contributed by atoms with Crippen LogP contribution in [0.15, 0.2) is 4.99 Å². The molecule has 0 saturated carbocycles. The summed E-state index contributed by atoms with van der Waals surface area (Å²) in [5, 5.41) is 5.40. The Morgan fingerprint density at radius 3 is 2.15 bits per heavy atom. The predicted molar refractivity (Wildman–Crippen MR) is 50.2 cm³/mol. The van der Waals surface area contributed by atoms with Crippen LogP contribution in [0.2, 0.25) is 0 Å². The van der Waals surface area contributed by atoms with Crippen LogP contribution < -0.4 is 0 Å². The van der Waals surface area contributed by atoms with Crippen LogP contribution in [0.4, 0.5) is 0 Å². The Hall–Kier alpha value is -1.24. The van der Waals surface area contributed by atoms with Crippen molar-refractivity contribution in [3.8, 4) is 0 Å². The second-order valence-corrected chi connectivity index (χ2v) is 2.49. The Labute approximate surface area is 78.6 Å². The molecule has 0 unspecified atom stereocenters. The molecule has 0 rings (SSSR count). The van der Waals surface area contributed by atoms with Gasteiger partial charge in [0.05, 0.1) is 6.54 Å². The summed E-state index contributed by atoms with van der Waals surface area (Å²) in [5.41, 5.74) is 0. The van der Waals surface area contributed by atoms with Crippen LogP contribution >= 0.6 is 0 Å². The first-order valence-electron chi connectivity index (χ1n) is 4.41. The van der Waals surface area contributed by atoms with Crippen molar-refractivity contribution in [3.05, 3.63) is 0 Å². The summed E-state index contributed by atoms with van der Waals surface area (Å²) >= 11 is 0. The summed E-state index contributed by atoms with van der Waals surface area (Å²) in [7, 11) is 0. The zero-order chi connectivity index (χ0) is 10.4. The minimum absolute atomic E-state index is 0.660. The summed E-state index contributed by atoms with van der Waals surface area (Å²) in [4.78, 5) is 21.4. The molecule has 0 amide bonds. The first kappa shape index (κ1) is 14.3. The van der Waals surface area contributed by atoms with Gasteiger partial charge in [-0.2, -0.15) is 0 Å². The molecular weight excluding hydrogens is 168 g/mol. The Kier molecular flexibility index (Phi) is 18.7. The third-order valence-corrected chi connectivity index (χ3v) is 1.44. The highest BCUT2D eigenvalue weighted by atomic mass is 16.1. The lowest BCUT2D eigenvalue weighted by Gasteiger charge is -1.93. The smallest absolute Gasteiger partial charge is 0.222 e. The molecule has 13 heavy (non-hydrogen) atoms. The number of hydrogen-bond acceptors (Lipinski definition) is 4. The molecule has 0 atom stereocenters. The van der Waals surface area contributed by atoms with E-state index in [0.717, 1.165) is 12.5 Å². The molecule has 0 spiro atoms. The molecule has 74 valence electrons. The van der Waals surface area contributed by atoms with E-state index in [1.807, 2.05) is 0 Å². The van der Waals surface area contributed by atoms with Gasteiger partial charge >= 0.3 is 0 Å². The fourth-order valence-corrected chi connectivity index (χ4v) is 0.840. The summed E-state index contributed by atoms with van der Waals surface area (Å²) in [6.45, 7) is 2.84. The SMILES string of the molecule is CCCCCCCN=C=O.N=C=O. The number of nitrogens with one attached hydrogen (secondary N) is 1. The Bertz CT molecular complexity index is 168. The van der Waals surface area contributed by atoms with Gasteiger partial charge in [-0.25, -0.2) is 20.0 Å². The van der Waals surface area contributed by atoms with Crippen LogP contribution in [0.5, 0.6) is 0 Å². The van der Waals surface area contributed by atoms with E-state index < -0.39 is 0 Å². The van der Waals surface area contributed by atoms with Crippen LogP contribution in [0, 0.1) is 5.41 Å². The number of carbonyl (C=O) groups excluding carboxylic acids is 2. The third kappa shape index (κ3) is 24.9. The molecule has 0 aliphatic rings. The van der Waals surface area contributed by atoms with Crippen LogP contribution in [0.1, 0.15) is 39.0 Å². The number of unbranched alkanes of at least 4 members (excludes halogenated alkanes) is 4. The zero-order valence-electron chi connectivity index (χ0n) is 8.01. The van der Waals surface area contributed by atoms with E-state index in [1.165, 1.54) is 31.8 Å². The van der Waals surface area contributed by atoms with E-state index in [0.29, 0.717) is 6.54 Å². The molecule has 0 aliphatic carbocycles. The minimum Gasteiger partial charge on any atom is -0.222 e. The van der Waals surface area contributed by atoms with E-state index in [2.05, 4.69) is 11.9 Å². The number of hydrogen-bond donors (Lipinski definition) is 1. The van der Waals surface area contributed by atoms with Crippen molar-refractivity contribution >= 4 is 12.2 Å². The molecule has 0 aromatic heterocycles. The van der Waals surface area contributed by atoms with Crippen LogP contribution in [0.25, 0.3) is 0 Å². The van der Waals surface area contributed by atoms with Gasteiger partial charge in [-0.3, -0.25) is 0 Å². The lowest BCUT2D eigenvalue weighted by atomic mass is 10.2. The van der Waals surface area contributed by atoms with Gasteiger partial charge in [0, 0.05) is 0 Å². The minimum atomic E-state index is 0.660. The van der Waals surface area contributed by atoms with Crippen LogP contribution in [0.3, 0.4) is 0 Å². The second-order valence-electron chi connectivity index (χ2n) is 2.49. The topological polar surface area (TPSA) is 70.3 Å². The first-order chi connectivity index (χ1) is 6.33. The molecule has 0 aliphatic heterocycles. The van der Waals surface area contributed by atoms with Crippen molar-refractivity contribution in [2.24, 2.45) is 4.99 Å². The van der Waals surface area contributed by atoms with Crippen molar-refractivity contribution in [2.45, 2.75) is 39.0 Å². The predicted octanol–water partition coefficient (Wildman–Crippen LogP) is 2.19. The van der Waals surface area contributed by atoms with Crippen LogP contribution in [-0.2, 0) is 9.59 Å². The molecule has 4 heteroatoms. The quantitative estimate of drug-likeness (QED) is 0.390. The first-order valence-corrected chi connectivity index (χ1v) is 4.41. The monoisotopic (exact) mass is 184 g/mol. The van der Waals surface area contributed by atoms with Gasteiger partial charge in [0.15, 0.2) is 0 Å². The van der Waals surface area contributed by atoms with E-state index in [4.69, 9.17) is 10.2 Å².